The average molecular weight is 381 g/mol. The number of rotatable bonds is 16. The Labute approximate surface area is 156 Å². The highest BCUT2D eigenvalue weighted by atomic mass is 32.2. The van der Waals surface area contributed by atoms with Crippen LogP contribution >= 0.6 is 0 Å². The van der Waals surface area contributed by atoms with Crippen LogP contribution < -0.4 is 5.32 Å². The summed E-state index contributed by atoms with van der Waals surface area (Å²) in [7, 11) is -2.09. The first-order valence-corrected chi connectivity index (χ1v) is 11.5. The summed E-state index contributed by atoms with van der Waals surface area (Å²) in [6.45, 7) is 17.6. The molecule has 0 saturated heterocycles. The van der Waals surface area contributed by atoms with E-state index in [0.29, 0.717) is 18.5 Å². The maximum atomic E-state index is 11.3. The Balaban J connectivity index is 4.31. The van der Waals surface area contributed by atoms with Gasteiger partial charge in [0.1, 0.15) is 0 Å². The van der Waals surface area contributed by atoms with Crippen molar-refractivity contribution < 1.29 is 17.9 Å². The molecule has 2 atom stereocenters. The van der Waals surface area contributed by atoms with E-state index >= 15 is 0 Å². The molecule has 0 aliphatic rings. The van der Waals surface area contributed by atoms with Crippen LogP contribution in [-0.2, 0) is 14.3 Å². The van der Waals surface area contributed by atoms with Crippen LogP contribution in [0.3, 0.4) is 0 Å². The van der Waals surface area contributed by atoms with Crippen LogP contribution in [0.5, 0.6) is 0 Å². The molecule has 0 rings (SSSR count). The fraction of sp³-hybridized carbons (Fsp3) is 1.00. The molecule has 2 unspecified atom stereocenters. The third-order valence-electron chi connectivity index (χ3n) is 4.95. The molecule has 0 fully saturated rings. The molecule has 0 heterocycles. The zero-order valence-electron chi connectivity index (χ0n) is 17.3. The first-order valence-electron chi connectivity index (χ1n) is 9.90. The topological polar surface area (TPSA) is 66.5 Å². The van der Waals surface area contributed by atoms with Gasteiger partial charge < -0.3 is 5.32 Å². The van der Waals surface area contributed by atoms with Gasteiger partial charge in [0.15, 0.2) is 0 Å². The maximum Gasteiger partial charge on any atom is 0.267 e. The average Bonchev–Trinajstić information content (AvgIpc) is 2.60. The number of quaternary nitrogens is 1. The van der Waals surface area contributed by atoms with Crippen LogP contribution in [-0.4, -0.2) is 82.4 Å². The number of nitrogens with two attached hydrogens (primary N) is 1. The van der Waals surface area contributed by atoms with Crippen LogP contribution in [0.1, 0.15) is 53.9 Å². The van der Waals surface area contributed by atoms with Crippen molar-refractivity contribution in [1.82, 2.24) is 9.80 Å². The van der Waals surface area contributed by atoms with Crippen molar-refractivity contribution >= 4 is 10.1 Å². The Hall–Kier alpha value is -0.210. The summed E-state index contributed by atoms with van der Waals surface area (Å²) in [6, 6.07) is 1.07. The predicted octanol–water partition coefficient (Wildman–Crippen LogP) is 1.14. The summed E-state index contributed by atoms with van der Waals surface area (Å²) in [5.74, 6) is 0.106. The summed E-state index contributed by atoms with van der Waals surface area (Å²) >= 11 is 0. The molecule has 25 heavy (non-hydrogen) atoms. The fourth-order valence-corrected chi connectivity index (χ4v) is 3.93. The van der Waals surface area contributed by atoms with E-state index in [9.17, 15) is 8.42 Å². The van der Waals surface area contributed by atoms with Gasteiger partial charge in [-0.3, -0.25) is 14.0 Å². The molecule has 0 radical (unpaired) electrons. The van der Waals surface area contributed by atoms with E-state index in [0.717, 1.165) is 45.7 Å². The molecule has 152 valence electrons. The van der Waals surface area contributed by atoms with Gasteiger partial charge in [-0.1, -0.05) is 20.8 Å². The van der Waals surface area contributed by atoms with Crippen molar-refractivity contribution in [2.24, 2.45) is 0 Å². The molecule has 6 nitrogen and oxygen atoms in total. The lowest BCUT2D eigenvalue weighted by Crippen LogP contribution is -2.86. The lowest BCUT2D eigenvalue weighted by atomic mass is 10.1. The Bertz CT molecular complexity index is 418. The van der Waals surface area contributed by atoms with E-state index in [1.54, 1.807) is 0 Å². The second kappa shape index (κ2) is 13.9. The van der Waals surface area contributed by atoms with E-state index in [4.69, 9.17) is 0 Å². The van der Waals surface area contributed by atoms with Crippen molar-refractivity contribution in [3.8, 4) is 0 Å². The second-order valence-electron chi connectivity index (χ2n) is 6.79. The Morgan fingerprint density at radius 2 is 1.48 bits per heavy atom. The highest BCUT2D eigenvalue weighted by Gasteiger charge is 2.23. The van der Waals surface area contributed by atoms with Gasteiger partial charge in [0.05, 0.1) is 26.0 Å². The van der Waals surface area contributed by atoms with Crippen LogP contribution in [0, 0.1) is 0 Å². The molecule has 0 aliphatic heterocycles. The molecule has 0 spiro atoms. The molecule has 0 bridgehead atoms. The summed E-state index contributed by atoms with van der Waals surface area (Å²) in [5, 5.41) is 2.22. The van der Waals surface area contributed by atoms with E-state index in [1.807, 2.05) is 0 Å². The smallest absolute Gasteiger partial charge is 0.267 e. The van der Waals surface area contributed by atoms with Gasteiger partial charge in [0, 0.05) is 25.0 Å². The molecule has 0 aliphatic carbocycles. The SMILES string of the molecule is CCCN(CC)C(C)C(C)N(CCC)CC[NH2+]CCCS(=O)(=O)OC. The van der Waals surface area contributed by atoms with Crippen molar-refractivity contribution in [3.63, 3.8) is 0 Å². The number of nitrogens with zero attached hydrogens (tertiary/aromatic N) is 2. The third-order valence-corrected chi connectivity index (χ3v) is 6.25. The molecule has 0 aromatic rings. The number of hydrogen-bond donors (Lipinski definition) is 1. The summed E-state index contributed by atoms with van der Waals surface area (Å²) in [4.78, 5) is 5.14. The minimum Gasteiger partial charge on any atom is -0.345 e. The number of hydrogen-bond acceptors (Lipinski definition) is 5. The quantitative estimate of drug-likeness (QED) is 0.321. The van der Waals surface area contributed by atoms with E-state index in [-0.39, 0.29) is 5.75 Å². The fourth-order valence-electron chi connectivity index (χ4n) is 3.24. The van der Waals surface area contributed by atoms with Gasteiger partial charge >= 0.3 is 0 Å². The number of likely N-dealkylation sites (N-methyl/N-ethyl adjacent to an activating group) is 1. The van der Waals surface area contributed by atoms with Crippen LogP contribution in [0.25, 0.3) is 0 Å². The minimum atomic E-state index is -3.31. The molecule has 7 heteroatoms. The van der Waals surface area contributed by atoms with Crippen molar-refractivity contribution in [1.29, 1.82) is 0 Å². The highest BCUT2D eigenvalue weighted by Crippen LogP contribution is 2.11. The standard InChI is InChI=1S/C18H41N3O3S/c1-7-13-20(9-3)17(4)18(5)21(14-8-2)15-12-19-11-10-16-25(22,23)24-6/h17-19H,7-16H2,1-6H3/p+1. The van der Waals surface area contributed by atoms with Crippen LogP contribution in [0.15, 0.2) is 0 Å². The highest BCUT2D eigenvalue weighted by molar-refractivity contribution is 7.86. The zero-order valence-corrected chi connectivity index (χ0v) is 18.1. The second-order valence-corrected chi connectivity index (χ2v) is 8.65. The molecule has 0 saturated carbocycles. The van der Waals surface area contributed by atoms with Gasteiger partial charge in [-0.25, -0.2) is 0 Å². The lowest BCUT2D eigenvalue weighted by Gasteiger charge is -2.38. The van der Waals surface area contributed by atoms with E-state index < -0.39 is 10.1 Å². The van der Waals surface area contributed by atoms with Crippen molar-refractivity contribution in [2.45, 2.75) is 66.0 Å². The summed E-state index contributed by atoms with van der Waals surface area (Å²) in [5.41, 5.74) is 0. The zero-order chi connectivity index (χ0) is 19.3. The van der Waals surface area contributed by atoms with Crippen LogP contribution in [0.2, 0.25) is 0 Å². The van der Waals surface area contributed by atoms with E-state index in [1.165, 1.54) is 13.5 Å². The van der Waals surface area contributed by atoms with Crippen LogP contribution in [0.4, 0.5) is 0 Å². The van der Waals surface area contributed by atoms with Gasteiger partial charge in [0.2, 0.25) is 0 Å². The first kappa shape index (κ1) is 24.8. The minimum absolute atomic E-state index is 0.106. The normalized spacial score (nSPS) is 15.0. The largest absolute Gasteiger partial charge is 0.345 e. The van der Waals surface area contributed by atoms with Gasteiger partial charge in [0.25, 0.3) is 10.1 Å². The van der Waals surface area contributed by atoms with Gasteiger partial charge in [-0.15, -0.1) is 0 Å². The molecule has 0 amide bonds. The van der Waals surface area contributed by atoms with E-state index in [2.05, 4.69) is 53.9 Å². The monoisotopic (exact) mass is 380 g/mol. The Morgan fingerprint density at radius 1 is 0.920 bits per heavy atom. The molecule has 0 aromatic heterocycles. The maximum absolute atomic E-state index is 11.3. The van der Waals surface area contributed by atoms with Crippen molar-refractivity contribution in [2.75, 3.05) is 52.1 Å². The molecule has 2 N–H and O–H groups in total. The first-order chi connectivity index (χ1) is 11.8. The molecule has 0 aromatic carbocycles. The Kier molecular flexibility index (Phi) is 13.8. The van der Waals surface area contributed by atoms with Gasteiger partial charge in [-0.05, 0) is 46.3 Å². The predicted molar refractivity (Wildman–Crippen MR) is 105 cm³/mol. The van der Waals surface area contributed by atoms with Gasteiger partial charge in [-0.2, -0.15) is 8.42 Å². The summed E-state index contributed by atoms with van der Waals surface area (Å²) < 4.78 is 27.0. The Morgan fingerprint density at radius 3 is 2.00 bits per heavy atom. The summed E-state index contributed by atoms with van der Waals surface area (Å²) in [6.07, 6.45) is 2.98. The molecular formula is C18H42N3O3S+. The van der Waals surface area contributed by atoms with Crippen molar-refractivity contribution in [3.05, 3.63) is 0 Å². The third kappa shape index (κ3) is 10.5. The molecular weight excluding hydrogens is 338 g/mol. The lowest BCUT2D eigenvalue weighted by molar-refractivity contribution is -0.654.